The highest BCUT2D eigenvalue weighted by Gasteiger charge is 2.26. The maximum absolute atomic E-state index is 13.0. The number of amides is 1. The number of pyridine rings is 1. The highest BCUT2D eigenvalue weighted by molar-refractivity contribution is 5.96. The summed E-state index contributed by atoms with van der Waals surface area (Å²) in [7, 11) is 1.78. The summed E-state index contributed by atoms with van der Waals surface area (Å²) in [6, 6.07) is 9.63. The Morgan fingerprint density at radius 1 is 1.19 bits per heavy atom. The van der Waals surface area contributed by atoms with Crippen molar-refractivity contribution in [3.8, 4) is 0 Å². The molecule has 2 aliphatic carbocycles. The van der Waals surface area contributed by atoms with E-state index in [0.717, 1.165) is 53.6 Å². The summed E-state index contributed by atoms with van der Waals surface area (Å²) in [5.41, 5.74) is 4.76. The molecule has 1 heterocycles. The first-order valence-corrected chi connectivity index (χ1v) is 11.7. The predicted molar refractivity (Wildman–Crippen MR) is 130 cm³/mol. The SMILES string of the molecule is CN=C/C(=C\C=C(/C)C1CC1)Cc1cc(C(=O)N[C@H]2CCCC[C@@H]2O)nc2ccccc12. The van der Waals surface area contributed by atoms with Gasteiger partial charge in [-0.2, -0.15) is 0 Å². The van der Waals surface area contributed by atoms with Crippen LogP contribution >= 0.6 is 0 Å². The van der Waals surface area contributed by atoms with Crippen molar-refractivity contribution in [2.24, 2.45) is 10.9 Å². The van der Waals surface area contributed by atoms with Crippen molar-refractivity contribution in [2.75, 3.05) is 7.05 Å². The number of rotatable bonds is 7. The van der Waals surface area contributed by atoms with E-state index in [1.165, 1.54) is 18.4 Å². The minimum atomic E-state index is -0.482. The first kappa shape index (κ1) is 22.4. The van der Waals surface area contributed by atoms with Gasteiger partial charge in [0.25, 0.3) is 5.91 Å². The maximum atomic E-state index is 13.0. The monoisotopic (exact) mass is 431 g/mol. The maximum Gasteiger partial charge on any atom is 0.270 e. The topological polar surface area (TPSA) is 74.6 Å². The summed E-state index contributed by atoms with van der Waals surface area (Å²) < 4.78 is 0. The molecule has 0 saturated heterocycles. The fraction of sp³-hybridized carbons (Fsp3) is 0.444. The van der Waals surface area contributed by atoms with Gasteiger partial charge in [0, 0.05) is 18.6 Å². The number of carbonyl (C=O) groups excluding carboxylic acids is 1. The van der Waals surface area contributed by atoms with Crippen LogP contribution in [0.5, 0.6) is 0 Å². The lowest BCUT2D eigenvalue weighted by Gasteiger charge is -2.28. The van der Waals surface area contributed by atoms with E-state index < -0.39 is 6.10 Å². The normalized spacial score (nSPS) is 22.5. The van der Waals surface area contributed by atoms with Crippen molar-refractivity contribution in [3.05, 3.63) is 64.9 Å². The Hall–Kier alpha value is -2.79. The molecule has 2 saturated carbocycles. The highest BCUT2D eigenvalue weighted by atomic mass is 16.3. The zero-order valence-electron chi connectivity index (χ0n) is 19.1. The van der Waals surface area contributed by atoms with E-state index in [4.69, 9.17) is 0 Å². The van der Waals surface area contributed by atoms with E-state index in [-0.39, 0.29) is 11.9 Å². The Bertz CT molecular complexity index is 1070. The molecule has 2 aliphatic rings. The molecule has 0 spiro atoms. The van der Waals surface area contributed by atoms with Gasteiger partial charge < -0.3 is 10.4 Å². The van der Waals surface area contributed by atoms with Gasteiger partial charge in [-0.05, 0) is 68.2 Å². The lowest BCUT2D eigenvalue weighted by Crippen LogP contribution is -2.45. The molecule has 2 aromatic rings. The Kier molecular flexibility index (Phi) is 7.15. The molecular weight excluding hydrogens is 398 g/mol. The van der Waals surface area contributed by atoms with Gasteiger partial charge in [-0.1, -0.05) is 48.8 Å². The van der Waals surface area contributed by atoms with E-state index >= 15 is 0 Å². The number of nitrogens with zero attached hydrogens (tertiary/aromatic N) is 2. The van der Waals surface area contributed by atoms with Crippen molar-refractivity contribution in [1.29, 1.82) is 0 Å². The molecule has 2 atom stereocenters. The molecule has 0 unspecified atom stereocenters. The zero-order chi connectivity index (χ0) is 22.5. The number of para-hydroxylation sites is 1. The third-order valence-corrected chi connectivity index (χ3v) is 6.55. The van der Waals surface area contributed by atoms with Crippen molar-refractivity contribution < 1.29 is 9.90 Å². The molecule has 5 heteroatoms. The Morgan fingerprint density at radius 2 is 1.97 bits per heavy atom. The average molecular weight is 432 g/mol. The standard InChI is InChI=1S/C27H33N3O2/c1-18(20-13-14-20)11-12-19(17-28-2)15-21-16-25(29-23-8-4-3-7-22(21)23)27(32)30-24-9-5-6-10-26(24)31/h3-4,7-8,11-12,16-17,20,24,26,31H,5-6,9-10,13-15H2,1-2H3,(H,30,32)/b18-11+,19-12-,28-17?/t24-,26-/m0/s1. The number of hydrogen-bond acceptors (Lipinski definition) is 4. The quantitative estimate of drug-likeness (QED) is 0.489. The second-order valence-corrected chi connectivity index (χ2v) is 9.11. The van der Waals surface area contributed by atoms with Crippen LogP contribution in [-0.2, 0) is 6.42 Å². The van der Waals surface area contributed by atoms with Gasteiger partial charge in [0.2, 0.25) is 0 Å². The van der Waals surface area contributed by atoms with Crippen LogP contribution in [0.1, 0.15) is 61.5 Å². The smallest absolute Gasteiger partial charge is 0.270 e. The predicted octanol–water partition coefficient (Wildman–Crippen LogP) is 4.79. The number of aliphatic imine (C=N–C) groups is 1. The number of aromatic nitrogens is 1. The number of allylic oxidation sites excluding steroid dienone is 4. The van der Waals surface area contributed by atoms with E-state index in [9.17, 15) is 9.90 Å². The number of aliphatic hydroxyl groups is 1. The molecule has 1 amide bonds. The zero-order valence-corrected chi connectivity index (χ0v) is 19.1. The highest BCUT2D eigenvalue weighted by Crippen LogP contribution is 2.36. The van der Waals surface area contributed by atoms with Crippen LogP contribution in [0, 0.1) is 5.92 Å². The van der Waals surface area contributed by atoms with Crippen LogP contribution in [0.4, 0.5) is 0 Å². The van der Waals surface area contributed by atoms with Crippen molar-refractivity contribution in [1.82, 2.24) is 10.3 Å². The molecule has 0 radical (unpaired) electrons. The molecule has 1 aromatic carbocycles. The second kappa shape index (κ2) is 10.2. The minimum Gasteiger partial charge on any atom is -0.391 e. The van der Waals surface area contributed by atoms with Gasteiger partial charge in [0.15, 0.2) is 0 Å². The Labute approximate surface area is 190 Å². The summed E-state index contributed by atoms with van der Waals surface area (Å²) in [4.78, 5) is 21.9. The van der Waals surface area contributed by atoms with Gasteiger partial charge >= 0.3 is 0 Å². The van der Waals surface area contributed by atoms with Crippen molar-refractivity contribution in [2.45, 2.75) is 64.0 Å². The van der Waals surface area contributed by atoms with Gasteiger partial charge in [0.1, 0.15) is 5.69 Å². The molecule has 2 N–H and O–H groups in total. The molecule has 0 aliphatic heterocycles. The van der Waals surface area contributed by atoms with Crippen LogP contribution < -0.4 is 5.32 Å². The number of aliphatic hydroxyl groups excluding tert-OH is 1. The molecule has 168 valence electrons. The van der Waals surface area contributed by atoms with Crippen LogP contribution in [0.15, 0.2) is 58.6 Å². The Morgan fingerprint density at radius 3 is 2.72 bits per heavy atom. The van der Waals surface area contributed by atoms with Crippen LogP contribution in [0.2, 0.25) is 0 Å². The second-order valence-electron chi connectivity index (χ2n) is 9.11. The lowest BCUT2D eigenvalue weighted by atomic mass is 9.92. The van der Waals surface area contributed by atoms with Crippen molar-refractivity contribution >= 4 is 23.0 Å². The molecule has 1 aromatic heterocycles. The van der Waals surface area contributed by atoms with Gasteiger partial charge in [-0.15, -0.1) is 0 Å². The third-order valence-electron chi connectivity index (χ3n) is 6.55. The lowest BCUT2D eigenvalue weighted by molar-refractivity contribution is 0.0714. The summed E-state index contributed by atoms with van der Waals surface area (Å²) >= 11 is 0. The third kappa shape index (κ3) is 5.52. The van der Waals surface area contributed by atoms with E-state index in [2.05, 4.69) is 40.4 Å². The molecule has 0 bridgehead atoms. The summed E-state index contributed by atoms with van der Waals surface area (Å²) in [6.45, 7) is 2.19. The molecule has 4 rings (SSSR count). The van der Waals surface area contributed by atoms with E-state index in [1.807, 2.05) is 30.5 Å². The molecule has 2 fully saturated rings. The van der Waals surface area contributed by atoms with Gasteiger partial charge in [-0.25, -0.2) is 4.98 Å². The number of carbonyl (C=O) groups is 1. The average Bonchev–Trinajstić information content (AvgIpc) is 3.64. The summed E-state index contributed by atoms with van der Waals surface area (Å²) in [6.07, 6.45) is 12.6. The van der Waals surface area contributed by atoms with E-state index in [0.29, 0.717) is 12.1 Å². The van der Waals surface area contributed by atoms with Crippen LogP contribution in [0.25, 0.3) is 10.9 Å². The van der Waals surface area contributed by atoms with Gasteiger partial charge in [-0.3, -0.25) is 9.79 Å². The van der Waals surface area contributed by atoms with Crippen LogP contribution in [-0.4, -0.2) is 41.4 Å². The van der Waals surface area contributed by atoms with Gasteiger partial charge in [0.05, 0.1) is 17.7 Å². The minimum absolute atomic E-state index is 0.203. The number of benzene rings is 1. The largest absolute Gasteiger partial charge is 0.391 e. The first-order chi connectivity index (χ1) is 15.5. The van der Waals surface area contributed by atoms with E-state index in [1.54, 1.807) is 7.05 Å². The molecule has 5 nitrogen and oxygen atoms in total. The first-order valence-electron chi connectivity index (χ1n) is 11.7. The summed E-state index contributed by atoms with van der Waals surface area (Å²) in [5, 5.41) is 14.3. The Balaban J connectivity index is 1.63. The van der Waals surface area contributed by atoms with Crippen LogP contribution in [0.3, 0.4) is 0 Å². The van der Waals surface area contributed by atoms with Crippen molar-refractivity contribution in [3.63, 3.8) is 0 Å². The fourth-order valence-electron chi connectivity index (χ4n) is 4.48. The number of nitrogens with one attached hydrogen (secondary N) is 1. The fourth-order valence-corrected chi connectivity index (χ4v) is 4.48. The number of hydrogen-bond donors (Lipinski definition) is 2. The number of fused-ring (bicyclic) bond motifs is 1. The summed E-state index contributed by atoms with van der Waals surface area (Å²) in [5.74, 6) is 0.514. The molecular formula is C27H33N3O2. The molecule has 32 heavy (non-hydrogen) atoms.